The maximum absolute atomic E-state index is 8.57. The highest BCUT2D eigenvalue weighted by molar-refractivity contribution is 4.93. The van der Waals surface area contributed by atoms with Gasteiger partial charge in [-0.3, -0.25) is 0 Å². The third-order valence-corrected chi connectivity index (χ3v) is 3.15. The van der Waals surface area contributed by atoms with E-state index in [0.717, 1.165) is 6.42 Å². The molecule has 0 radical (unpaired) electrons. The second kappa shape index (κ2) is 17.2. The van der Waals surface area contributed by atoms with Gasteiger partial charge in [0.2, 0.25) is 0 Å². The zero-order chi connectivity index (χ0) is 14.0. The molecule has 0 aliphatic heterocycles. The van der Waals surface area contributed by atoms with Gasteiger partial charge in [0, 0.05) is 6.61 Å². The SMILES string of the molecule is CCCCCCCCCC/C=C\CC=C=CCCO. The molecule has 0 atom stereocenters. The summed E-state index contributed by atoms with van der Waals surface area (Å²) >= 11 is 0. The molecule has 0 aromatic heterocycles. The van der Waals surface area contributed by atoms with E-state index in [2.05, 4.69) is 24.8 Å². The van der Waals surface area contributed by atoms with Gasteiger partial charge >= 0.3 is 0 Å². The third kappa shape index (κ3) is 17.2. The van der Waals surface area contributed by atoms with E-state index in [1.165, 1.54) is 57.8 Å². The second-order valence-electron chi connectivity index (χ2n) is 5.06. The van der Waals surface area contributed by atoms with Gasteiger partial charge in [-0.05, 0) is 37.8 Å². The molecule has 0 spiro atoms. The number of aliphatic hydroxyl groups excluding tert-OH is 1. The Kier molecular flexibility index (Phi) is 16.5. The van der Waals surface area contributed by atoms with Crippen molar-refractivity contribution in [2.24, 2.45) is 0 Å². The van der Waals surface area contributed by atoms with Crippen LogP contribution in [0.1, 0.15) is 77.6 Å². The molecule has 0 fully saturated rings. The van der Waals surface area contributed by atoms with Crippen molar-refractivity contribution < 1.29 is 5.11 Å². The van der Waals surface area contributed by atoms with Crippen molar-refractivity contribution in [3.63, 3.8) is 0 Å². The zero-order valence-electron chi connectivity index (χ0n) is 12.7. The highest BCUT2D eigenvalue weighted by atomic mass is 16.2. The van der Waals surface area contributed by atoms with Crippen LogP contribution in [0.3, 0.4) is 0 Å². The van der Waals surface area contributed by atoms with Crippen LogP contribution >= 0.6 is 0 Å². The molecule has 0 aromatic carbocycles. The number of rotatable bonds is 13. The monoisotopic (exact) mass is 264 g/mol. The summed E-state index contributed by atoms with van der Waals surface area (Å²) in [6.07, 6.45) is 22.4. The molecular weight excluding hydrogens is 232 g/mol. The Balaban J connectivity index is 3.19. The van der Waals surface area contributed by atoms with Crippen molar-refractivity contribution in [2.45, 2.75) is 77.6 Å². The minimum Gasteiger partial charge on any atom is -0.396 e. The van der Waals surface area contributed by atoms with Crippen molar-refractivity contribution in [3.05, 3.63) is 30.0 Å². The molecule has 0 aliphatic carbocycles. The van der Waals surface area contributed by atoms with Gasteiger partial charge in [0.05, 0.1) is 0 Å². The topological polar surface area (TPSA) is 20.2 Å². The maximum Gasteiger partial charge on any atom is 0.0471 e. The largest absolute Gasteiger partial charge is 0.396 e. The highest BCUT2D eigenvalue weighted by Gasteiger charge is 1.90. The van der Waals surface area contributed by atoms with Gasteiger partial charge in [-0.2, -0.15) is 0 Å². The molecule has 0 amide bonds. The summed E-state index contributed by atoms with van der Waals surface area (Å²) in [6, 6.07) is 0. The molecule has 1 nitrogen and oxygen atoms in total. The summed E-state index contributed by atoms with van der Waals surface area (Å²) in [5.41, 5.74) is 3.06. The van der Waals surface area contributed by atoms with E-state index < -0.39 is 0 Å². The zero-order valence-corrected chi connectivity index (χ0v) is 12.7. The Morgan fingerprint density at radius 2 is 1.47 bits per heavy atom. The normalized spacial score (nSPS) is 10.6. The van der Waals surface area contributed by atoms with Gasteiger partial charge in [-0.1, -0.05) is 64.0 Å². The van der Waals surface area contributed by atoms with Crippen LogP contribution in [0, 0.1) is 0 Å². The van der Waals surface area contributed by atoms with E-state index in [0.29, 0.717) is 6.42 Å². The van der Waals surface area contributed by atoms with Crippen molar-refractivity contribution in [1.82, 2.24) is 0 Å². The third-order valence-electron chi connectivity index (χ3n) is 3.15. The minimum atomic E-state index is 0.217. The maximum atomic E-state index is 8.57. The molecule has 0 rings (SSSR count). The molecule has 19 heavy (non-hydrogen) atoms. The summed E-state index contributed by atoms with van der Waals surface area (Å²) in [4.78, 5) is 0. The average Bonchev–Trinajstić information content (AvgIpc) is 2.43. The van der Waals surface area contributed by atoms with Gasteiger partial charge in [0.25, 0.3) is 0 Å². The van der Waals surface area contributed by atoms with E-state index in [1.54, 1.807) is 0 Å². The van der Waals surface area contributed by atoms with Gasteiger partial charge < -0.3 is 5.11 Å². The number of hydrogen-bond acceptors (Lipinski definition) is 1. The average molecular weight is 264 g/mol. The Morgan fingerprint density at radius 1 is 0.789 bits per heavy atom. The fourth-order valence-corrected chi connectivity index (χ4v) is 1.98. The van der Waals surface area contributed by atoms with Crippen LogP contribution in [-0.2, 0) is 0 Å². The first-order chi connectivity index (χ1) is 9.41. The van der Waals surface area contributed by atoms with Crippen molar-refractivity contribution >= 4 is 0 Å². The standard InChI is InChI=1S/C18H32O/c1-2-3-4-5-6-7-8-9-10-11-12-13-14-15-16-17-18-19/h11-12,14,16,19H,2-10,13,17-18H2,1H3/b12-11-. The fourth-order valence-electron chi connectivity index (χ4n) is 1.98. The van der Waals surface area contributed by atoms with Crippen LogP contribution in [0.2, 0.25) is 0 Å². The molecule has 0 aromatic rings. The lowest BCUT2D eigenvalue weighted by Crippen LogP contribution is -1.79. The number of aliphatic hydroxyl groups is 1. The lowest BCUT2D eigenvalue weighted by Gasteiger charge is -1.99. The van der Waals surface area contributed by atoms with Crippen LogP contribution in [0.5, 0.6) is 0 Å². The van der Waals surface area contributed by atoms with E-state index >= 15 is 0 Å². The van der Waals surface area contributed by atoms with Crippen LogP contribution in [0.15, 0.2) is 30.0 Å². The van der Waals surface area contributed by atoms with Crippen molar-refractivity contribution in [2.75, 3.05) is 6.61 Å². The Labute approximate surface area is 120 Å². The summed E-state index contributed by atoms with van der Waals surface area (Å²) in [5.74, 6) is 0. The van der Waals surface area contributed by atoms with Crippen LogP contribution in [-0.4, -0.2) is 11.7 Å². The molecule has 0 unspecified atom stereocenters. The van der Waals surface area contributed by atoms with Crippen LogP contribution in [0.25, 0.3) is 0 Å². The fraction of sp³-hybridized carbons (Fsp3) is 0.722. The van der Waals surface area contributed by atoms with E-state index in [1.807, 2.05) is 12.2 Å². The minimum absolute atomic E-state index is 0.217. The molecule has 0 bridgehead atoms. The molecule has 110 valence electrons. The van der Waals surface area contributed by atoms with E-state index in [4.69, 9.17) is 5.11 Å². The predicted molar refractivity (Wildman–Crippen MR) is 85.3 cm³/mol. The lowest BCUT2D eigenvalue weighted by molar-refractivity contribution is 0.302. The van der Waals surface area contributed by atoms with Gasteiger partial charge in [0.1, 0.15) is 0 Å². The highest BCUT2D eigenvalue weighted by Crippen LogP contribution is 2.09. The molecular formula is C18H32O. The Hall–Kier alpha value is -0.780. The van der Waals surface area contributed by atoms with E-state index in [9.17, 15) is 0 Å². The van der Waals surface area contributed by atoms with Crippen LogP contribution in [0.4, 0.5) is 0 Å². The molecule has 0 heterocycles. The van der Waals surface area contributed by atoms with Gasteiger partial charge in [-0.15, -0.1) is 5.73 Å². The Morgan fingerprint density at radius 3 is 2.16 bits per heavy atom. The van der Waals surface area contributed by atoms with Gasteiger partial charge in [0.15, 0.2) is 0 Å². The van der Waals surface area contributed by atoms with Crippen LogP contribution < -0.4 is 0 Å². The smallest absolute Gasteiger partial charge is 0.0471 e. The first-order valence-corrected chi connectivity index (χ1v) is 8.07. The summed E-state index contributed by atoms with van der Waals surface area (Å²) < 4.78 is 0. The number of hydrogen-bond donors (Lipinski definition) is 1. The number of allylic oxidation sites excluding steroid dienone is 2. The van der Waals surface area contributed by atoms with E-state index in [-0.39, 0.29) is 6.61 Å². The quantitative estimate of drug-likeness (QED) is 0.262. The second-order valence-corrected chi connectivity index (χ2v) is 5.06. The molecule has 0 aliphatic rings. The molecule has 0 saturated carbocycles. The summed E-state index contributed by atoms with van der Waals surface area (Å²) in [7, 11) is 0. The van der Waals surface area contributed by atoms with Crippen molar-refractivity contribution in [3.8, 4) is 0 Å². The summed E-state index contributed by atoms with van der Waals surface area (Å²) in [6.45, 7) is 2.49. The van der Waals surface area contributed by atoms with Gasteiger partial charge in [-0.25, -0.2) is 0 Å². The molecule has 1 N–H and O–H groups in total. The summed E-state index contributed by atoms with van der Waals surface area (Å²) in [5, 5.41) is 8.57. The lowest BCUT2D eigenvalue weighted by atomic mass is 10.1. The molecule has 1 heteroatoms. The molecule has 0 saturated heterocycles. The number of unbranched alkanes of at least 4 members (excludes halogenated alkanes) is 8. The first kappa shape index (κ1) is 18.2. The predicted octanol–water partition coefficient (Wildman–Crippen LogP) is 5.56. The Bertz CT molecular complexity index is 246. The first-order valence-electron chi connectivity index (χ1n) is 8.07. The van der Waals surface area contributed by atoms with Crippen molar-refractivity contribution in [1.29, 1.82) is 0 Å².